The van der Waals surface area contributed by atoms with Crippen molar-refractivity contribution in [3.05, 3.63) is 35.6 Å². The van der Waals surface area contributed by atoms with Gasteiger partial charge in [0.2, 0.25) is 5.91 Å². The molecule has 2 saturated heterocycles. The zero-order chi connectivity index (χ0) is 13.3. The fourth-order valence-electron chi connectivity index (χ4n) is 3.23. The molecule has 1 N–H and O–H groups in total. The van der Waals surface area contributed by atoms with Gasteiger partial charge in [-0.1, -0.05) is 12.1 Å². The van der Waals surface area contributed by atoms with Crippen LogP contribution in [0.3, 0.4) is 0 Å². The van der Waals surface area contributed by atoms with Gasteiger partial charge in [-0.15, -0.1) is 0 Å². The van der Waals surface area contributed by atoms with Crippen molar-refractivity contribution in [3.63, 3.8) is 0 Å². The molecule has 3 nitrogen and oxygen atoms in total. The molecule has 4 heteroatoms. The average Bonchev–Trinajstić information content (AvgIpc) is 2.69. The monoisotopic (exact) mass is 262 g/mol. The molecule has 0 bridgehead atoms. The van der Waals surface area contributed by atoms with Crippen LogP contribution in [0.2, 0.25) is 0 Å². The van der Waals surface area contributed by atoms with Crippen molar-refractivity contribution < 1.29 is 9.18 Å². The van der Waals surface area contributed by atoms with E-state index in [1.807, 2.05) is 4.90 Å². The number of carbonyl (C=O) groups is 1. The van der Waals surface area contributed by atoms with Crippen molar-refractivity contribution in [1.82, 2.24) is 10.2 Å². The number of hydrogen-bond donors (Lipinski definition) is 1. The molecular weight excluding hydrogens is 243 g/mol. The number of nitrogens with zero attached hydrogens (tertiary/aromatic N) is 1. The summed E-state index contributed by atoms with van der Waals surface area (Å²) in [7, 11) is 0. The van der Waals surface area contributed by atoms with E-state index in [9.17, 15) is 9.18 Å². The summed E-state index contributed by atoms with van der Waals surface area (Å²) in [5.74, 6) is 0.0116. The zero-order valence-corrected chi connectivity index (χ0v) is 11.0. The van der Waals surface area contributed by atoms with Crippen LogP contribution in [0.15, 0.2) is 24.3 Å². The van der Waals surface area contributed by atoms with Crippen molar-refractivity contribution >= 4 is 5.91 Å². The number of carbonyl (C=O) groups excluding carboxylic acids is 1. The molecule has 1 spiro atoms. The molecule has 0 aliphatic carbocycles. The van der Waals surface area contributed by atoms with E-state index in [0.717, 1.165) is 38.0 Å². The summed E-state index contributed by atoms with van der Waals surface area (Å²) in [6, 6.07) is 6.43. The number of piperidine rings is 1. The van der Waals surface area contributed by atoms with E-state index in [1.165, 1.54) is 12.1 Å². The van der Waals surface area contributed by atoms with Crippen LogP contribution in [-0.2, 0) is 11.3 Å². The Labute approximate surface area is 112 Å². The topological polar surface area (TPSA) is 32.3 Å². The van der Waals surface area contributed by atoms with Gasteiger partial charge in [0.05, 0.1) is 0 Å². The predicted octanol–water partition coefficient (Wildman–Crippen LogP) is 1.93. The van der Waals surface area contributed by atoms with Crippen LogP contribution in [0, 0.1) is 11.2 Å². The zero-order valence-electron chi connectivity index (χ0n) is 11.0. The Kier molecular flexibility index (Phi) is 3.27. The minimum absolute atomic E-state index is 0.183. The summed E-state index contributed by atoms with van der Waals surface area (Å²) in [5.41, 5.74) is 1.18. The first-order chi connectivity index (χ1) is 9.17. The molecule has 2 aliphatic rings. The molecule has 19 heavy (non-hydrogen) atoms. The number of nitrogens with one attached hydrogen (secondary N) is 1. The van der Waals surface area contributed by atoms with Crippen molar-refractivity contribution in [2.24, 2.45) is 5.41 Å². The third-order valence-corrected chi connectivity index (χ3v) is 4.36. The van der Waals surface area contributed by atoms with Crippen molar-refractivity contribution in [2.75, 3.05) is 19.6 Å². The largest absolute Gasteiger partial charge is 0.338 e. The molecule has 1 amide bonds. The standard InChI is InChI=1S/C15H19FN2O/c16-13-3-1-12(2-4-13)10-18-11-15(9-14(18)19)5-7-17-8-6-15/h1-4,17H,5-11H2. The molecule has 0 atom stereocenters. The van der Waals surface area contributed by atoms with Crippen LogP contribution in [0.1, 0.15) is 24.8 Å². The van der Waals surface area contributed by atoms with Gasteiger partial charge in [-0.2, -0.15) is 0 Å². The van der Waals surface area contributed by atoms with Crippen molar-refractivity contribution in [2.45, 2.75) is 25.8 Å². The van der Waals surface area contributed by atoms with E-state index in [0.29, 0.717) is 13.0 Å². The highest BCUT2D eigenvalue weighted by atomic mass is 19.1. The summed E-state index contributed by atoms with van der Waals surface area (Å²) in [6.45, 7) is 3.48. The predicted molar refractivity (Wildman–Crippen MR) is 71.0 cm³/mol. The number of benzene rings is 1. The fraction of sp³-hybridized carbons (Fsp3) is 0.533. The number of amides is 1. The van der Waals surface area contributed by atoms with E-state index >= 15 is 0 Å². The lowest BCUT2D eigenvalue weighted by molar-refractivity contribution is -0.128. The average molecular weight is 262 g/mol. The van der Waals surface area contributed by atoms with Gasteiger partial charge in [-0.25, -0.2) is 4.39 Å². The molecule has 2 aliphatic heterocycles. The van der Waals surface area contributed by atoms with Crippen molar-refractivity contribution in [1.29, 1.82) is 0 Å². The Morgan fingerprint density at radius 2 is 1.89 bits per heavy atom. The quantitative estimate of drug-likeness (QED) is 0.883. The minimum Gasteiger partial charge on any atom is -0.338 e. The highest BCUT2D eigenvalue weighted by molar-refractivity contribution is 5.79. The molecular formula is C15H19FN2O. The third kappa shape index (κ3) is 2.63. The second-order valence-corrected chi connectivity index (χ2v) is 5.80. The number of hydrogen-bond acceptors (Lipinski definition) is 2. The summed E-state index contributed by atoms with van der Waals surface area (Å²) >= 11 is 0. The Hall–Kier alpha value is -1.42. The van der Waals surface area contributed by atoms with Gasteiger partial charge in [0.25, 0.3) is 0 Å². The number of halogens is 1. The molecule has 2 heterocycles. The van der Waals surface area contributed by atoms with Crippen molar-refractivity contribution in [3.8, 4) is 0 Å². The highest BCUT2D eigenvalue weighted by Crippen LogP contribution is 2.39. The van der Waals surface area contributed by atoms with Crippen LogP contribution >= 0.6 is 0 Å². The lowest BCUT2D eigenvalue weighted by Gasteiger charge is -2.33. The molecule has 1 aromatic carbocycles. The molecule has 0 aromatic heterocycles. The van der Waals surface area contributed by atoms with E-state index < -0.39 is 0 Å². The van der Waals surface area contributed by atoms with Crippen LogP contribution in [0.5, 0.6) is 0 Å². The molecule has 102 valence electrons. The molecule has 1 aromatic rings. The lowest BCUT2D eigenvalue weighted by atomic mass is 9.78. The van der Waals surface area contributed by atoms with Crippen LogP contribution < -0.4 is 5.32 Å². The second kappa shape index (κ2) is 4.93. The lowest BCUT2D eigenvalue weighted by Crippen LogP contribution is -2.38. The maximum atomic E-state index is 12.9. The second-order valence-electron chi connectivity index (χ2n) is 5.80. The maximum Gasteiger partial charge on any atom is 0.223 e. The summed E-state index contributed by atoms with van der Waals surface area (Å²) in [5, 5.41) is 3.35. The van der Waals surface area contributed by atoms with Crippen LogP contribution in [0.4, 0.5) is 4.39 Å². The summed E-state index contributed by atoms with van der Waals surface area (Å²) in [6.07, 6.45) is 2.84. The minimum atomic E-state index is -0.230. The number of likely N-dealkylation sites (tertiary alicyclic amines) is 1. The normalized spacial score (nSPS) is 22.2. The first-order valence-electron chi connectivity index (χ1n) is 6.90. The summed E-state index contributed by atoms with van der Waals surface area (Å²) in [4.78, 5) is 14.1. The van der Waals surface area contributed by atoms with E-state index in [1.54, 1.807) is 12.1 Å². The Balaban J connectivity index is 1.68. The van der Waals surface area contributed by atoms with E-state index in [4.69, 9.17) is 0 Å². The molecule has 0 radical (unpaired) electrons. The Morgan fingerprint density at radius 3 is 2.58 bits per heavy atom. The van der Waals surface area contributed by atoms with Gasteiger partial charge >= 0.3 is 0 Å². The van der Waals surface area contributed by atoms with Gasteiger partial charge in [0.1, 0.15) is 5.82 Å². The Bertz CT molecular complexity index is 466. The first kappa shape index (κ1) is 12.6. The molecule has 3 rings (SSSR count). The van der Waals surface area contributed by atoms with E-state index in [2.05, 4.69) is 5.32 Å². The highest BCUT2D eigenvalue weighted by Gasteiger charge is 2.43. The SMILES string of the molecule is O=C1CC2(CCNCC2)CN1Cc1ccc(F)cc1. The van der Waals surface area contributed by atoms with Gasteiger partial charge in [0.15, 0.2) is 0 Å². The summed E-state index contributed by atoms with van der Waals surface area (Å²) < 4.78 is 12.9. The van der Waals surface area contributed by atoms with Crippen LogP contribution in [-0.4, -0.2) is 30.4 Å². The van der Waals surface area contributed by atoms with Gasteiger partial charge in [-0.05, 0) is 49.0 Å². The molecule has 2 fully saturated rings. The maximum absolute atomic E-state index is 12.9. The molecule has 0 unspecified atom stereocenters. The van der Waals surface area contributed by atoms with Gasteiger partial charge < -0.3 is 10.2 Å². The van der Waals surface area contributed by atoms with Crippen LogP contribution in [0.25, 0.3) is 0 Å². The Morgan fingerprint density at radius 1 is 1.21 bits per heavy atom. The van der Waals surface area contributed by atoms with E-state index in [-0.39, 0.29) is 17.1 Å². The van der Waals surface area contributed by atoms with Gasteiger partial charge in [-0.3, -0.25) is 4.79 Å². The number of rotatable bonds is 2. The third-order valence-electron chi connectivity index (χ3n) is 4.36. The fourth-order valence-corrected chi connectivity index (χ4v) is 3.23. The first-order valence-corrected chi connectivity index (χ1v) is 6.90. The van der Waals surface area contributed by atoms with Gasteiger partial charge in [0, 0.05) is 19.5 Å². The molecule has 0 saturated carbocycles. The smallest absolute Gasteiger partial charge is 0.223 e.